The number of benzene rings is 1. The molecule has 7 heteroatoms. The lowest BCUT2D eigenvalue weighted by molar-refractivity contribution is 0.250. The van der Waals surface area contributed by atoms with Crippen molar-refractivity contribution in [2.45, 2.75) is 26.8 Å². The number of nitrogens with one attached hydrogen (secondary N) is 2. The van der Waals surface area contributed by atoms with E-state index in [0.717, 1.165) is 28.2 Å². The molecule has 0 bridgehead atoms. The van der Waals surface area contributed by atoms with Crippen molar-refractivity contribution in [3.63, 3.8) is 0 Å². The Morgan fingerprint density at radius 3 is 2.40 bits per heavy atom. The Kier molecular flexibility index (Phi) is 4.74. The van der Waals surface area contributed by atoms with E-state index in [1.807, 2.05) is 57.3 Å². The highest BCUT2D eigenvalue weighted by Gasteiger charge is 2.07. The highest BCUT2D eigenvalue weighted by atomic mass is 16.2. The smallest absolute Gasteiger partial charge is 0.319 e. The molecular formula is C18H20N6O. The fraction of sp³-hybridized carbons (Fsp3) is 0.222. The van der Waals surface area contributed by atoms with Gasteiger partial charge in [0.25, 0.3) is 0 Å². The number of aromatic nitrogens is 4. The lowest BCUT2D eigenvalue weighted by atomic mass is 10.0. The molecule has 0 spiro atoms. The van der Waals surface area contributed by atoms with E-state index in [-0.39, 0.29) is 12.1 Å². The van der Waals surface area contributed by atoms with Crippen molar-refractivity contribution in [2.75, 3.05) is 5.32 Å². The Labute approximate surface area is 146 Å². The van der Waals surface area contributed by atoms with Gasteiger partial charge in [-0.25, -0.2) is 9.78 Å². The van der Waals surface area contributed by atoms with Crippen LogP contribution in [0.15, 0.2) is 49.2 Å². The molecule has 0 aliphatic rings. The largest absolute Gasteiger partial charge is 0.336 e. The van der Waals surface area contributed by atoms with Gasteiger partial charge < -0.3 is 10.6 Å². The van der Waals surface area contributed by atoms with E-state index in [2.05, 4.69) is 25.8 Å². The van der Waals surface area contributed by atoms with Gasteiger partial charge in [0.1, 0.15) is 18.5 Å². The summed E-state index contributed by atoms with van der Waals surface area (Å²) in [4.78, 5) is 16.2. The fourth-order valence-corrected chi connectivity index (χ4v) is 2.47. The van der Waals surface area contributed by atoms with E-state index >= 15 is 0 Å². The van der Waals surface area contributed by atoms with Crippen LogP contribution >= 0.6 is 0 Å². The summed E-state index contributed by atoms with van der Waals surface area (Å²) in [5, 5.41) is 13.2. The van der Waals surface area contributed by atoms with E-state index < -0.39 is 0 Å². The number of urea groups is 1. The molecule has 2 heterocycles. The van der Waals surface area contributed by atoms with Crippen molar-refractivity contribution in [1.82, 2.24) is 25.1 Å². The first-order valence-corrected chi connectivity index (χ1v) is 8.02. The Morgan fingerprint density at radius 2 is 1.80 bits per heavy atom. The summed E-state index contributed by atoms with van der Waals surface area (Å²) in [7, 11) is 0. The second kappa shape index (κ2) is 7.12. The molecule has 0 unspecified atom stereocenters. The van der Waals surface area contributed by atoms with Gasteiger partial charge >= 0.3 is 6.03 Å². The van der Waals surface area contributed by atoms with E-state index in [0.29, 0.717) is 0 Å². The molecule has 3 aromatic rings. The number of hydrogen-bond acceptors (Lipinski definition) is 4. The molecule has 7 nitrogen and oxygen atoms in total. The van der Waals surface area contributed by atoms with Crippen LogP contribution in [0.25, 0.3) is 16.9 Å². The molecule has 0 saturated carbocycles. The Balaban J connectivity index is 1.77. The number of nitrogens with zero attached hydrogens (tertiary/aromatic N) is 4. The zero-order valence-electron chi connectivity index (χ0n) is 14.4. The number of hydrogen-bond donors (Lipinski definition) is 2. The summed E-state index contributed by atoms with van der Waals surface area (Å²) in [6.45, 7) is 5.87. The van der Waals surface area contributed by atoms with Crippen LogP contribution in [-0.4, -0.2) is 31.8 Å². The van der Waals surface area contributed by atoms with Crippen LogP contribution in [0, 0.1) is 6.92 Å². The van der Waals surface area contributed by atoms with Crippen molar-refractivity contribution in [2.24, 2.45) is 0 Å². The normalized spacial score (nSPS) is 10.7. The van der Waals surface area contributed by atoms with Gasteiger partial charge in [0.05, 0.1) is 0 Å². The van der Waals surface area contributed by atoms with E-state index in [1.54, 1.807) is 17.2 Å². The zero-order chi connectivity index (χ0) is 17.8. The highest BCUT2D eigenvalue weighted by Crippen LogP contribution is 2.25. The predicted octanol–water partition coefficient (Wildman–Crippen LogP) is 3.17. The molecule has 3 rings (SSSR count). The van der Waals surface area contributed by atoms with Gasteiger partial charge in [-0.05, 0) is 50.1 Å². The summed E-state index contributed by atoms with van der Waals surface area (Å²) in [5.74, 6) is 0.773. The van der Waals surface area contributed by atoms with Crippen LogP contribution in [-0.2, 0) is 0 Å². The summed E-state index contributed by atoms with van der Waals surface area (Å²) >= 11 is 0. The molecule has 0 radical (unpaired) electrons. The third kappa shape index (κ3) is 4.00. The topological polar surface area (TPSA) is 84.7 Å². The van der Waals surface area contributed by atoms with E-state index in [9.17, 15) is 4.79 Å². The number of aryl methyl sites for hydroxylation is 1. The molecule has 0 aliphatic heterocycles. The number of carbonyl (C=O) groups is 1. The molecule has 0 saturated heterocycles. The van der Waals surface area contributed by atoms with Crippen LogP contribution in [0.3, 0.4) is 0 Å². The molecule has 2 N–H and O–H groups in total. The average Bonchev–Trinajstić information content (AvgIpc) is 3.09. The number of amides is 2. The molecule has 0 atom stereocenters. The summed E-state index contributed by atoms with van der Waals surface area (Å²) in [6, 6.07) is 9.56. The van der Waals surface area contributed by atoms with E-state index in [4.69, 9.17) is 0 Å². The van der Waals surface area contributed by atoms with Crippen LogP contribution < -0.4 is 10.6 Å². The van der Waals surface area contributed by atoms with E-state index in [1.165, 1.54) is 0 Å². The molecular weight excluding hydrogens is 316 g/mol. The van der Waals surface area contributed by atoms with Crippen molar-refractivity contribution in [3.8, 4) is 16.9 Å². The van der Waals surface area contributed by atoms with Crippen molar-refractivity contribution >= 4 is 11.7 Å². The quantitative estimate of drug-likeness (QED) is 0.766. The fourth-order valence-electron chi connectivity index (χ4n) is 2.47. The lowest BCUT2D eigenvalue weighted by Gasteiger charge is -2.11. The van der Waals surface area contributed by atoms with Crippen LogP contribution in [0.5, 0.6) is 0 Å². The SMILES string of the molecule is Cc1cc(-n2cnnc2)ncc1-c1ccc(NC(=O)NC(C)C)cc1. The maximum atomic E-state index is 11.7. The maximum absolute atomic E-state index is 11.7. The first kappa shape index (κ1) is 16.6. The van der Waals surface area contributed by atoms with Crippen molar-refractivity contribution in [1.29, 1.82) is 0 Å². The predicted molar refractivity (Wildman–Crippen MR) is 96.6 cm³/mol. The van der Waals surface area contributed by atoms with Gasteiger partial charge in [-0.1, -0.05) is 12.1 Å². The van der Waals surface area contributed by atoms with Crippen molar-refractivity contribution < 1.29 is 4.79 Å². The highest BCUT2D eigenvalue weighted by molar-refractivity contribution is 5.89. The Bertz CT molecular complexity index is 856. The second-order valence-electron chi connectivity index (χ2n) is 6.06. The third-order valence-electron chi connectivity index (χ3n) is 3.65. The first-order valence-electron chi connectivity index (χ1n) is 8.02. The zero-order valence-corrected chi connectivity index (χ0v) is 14.4. The van der Waals surface area contributed by atoms with Crippen LogP contribution in [0.2, 0.25) is 0 Å². The molecule has 0 fully saturated rings. The van der Waals surface area contributed by atoms with Gasteiger partial charge in [-0.15, -0.1) is 10.2 Å². The Morgan fingerprint density at radius 1 is 1.12 bits per heavy atom. The number of rotatable bonds is 4. The summed E-state index contributed by atoms with van der Waals surface area (Å²) < 4.78 is 1.76. The maximum Gasteiger partial charge on any atom is 0.319 e. The third-order valence-corrected chi connectivity index (χ3v) is 3.65. The lowest BCUT2D eigenvalue weighted by Crippen LogP contribution is -2.34. The summed E-state index contributed by atoms with van der Waals surface area (Å²) in [5.41, 5.74) is 3.91. The van der Waals surface area contributed by atoms with Gasteiger partial charge in [-0.3, -0.25) is 4.57 Å². The molecule has 2 amide bonds. The number of carbonyl (C=O) groups excluding carboxylic acids is 1. The van der Waals surface area contributed by atoms with Gasteiger partial charge in [0.2, 0.25) is 0 Å². The molecule has 1 aromatic carbocycles. The monoisotopic (exact) mass is 336 g/mol. The molecule has 25 heavy (non-hydrogen) atoms. The number of pyridine rings is 1. The second-order valence-corrected chi connectivity index (χ2v) is 6.06. The molecule has 128 valence electrons. The molecule has 2 aromatic heterocycles. The summed E-state index contributed by atoms with van der Waals surface area (Å²) in [6.07, 6.45) is 5.06. The Hall–Kier alpha value is -3.22. The van der Waals surface area contributed by atoms with Gasteiger partial charge in [-0.2, -0.15) is 0 Å². The van der Waals surface area contributed by atoms with Gasteiger partial charge in [0.15, 0.2) is 0 Å². The minimum atomic E-state index is -0.209. The van der Waals surface area contributed by atoms with Crippen molar-refractivity contribution in [3.05, 3.63) is 54.7 Å². The number of anilines is 1. The van der Waals surface area contributed by atoms with Crippen LogP contribution in [0.4, 0.5) is 10.5 Å². The standard InChI is InChI=1S/C18H20N6O/c1-12(2)22-18(25)23-15-6-4-14(5-7-15)16-9-19-17(8-13(16)3)24-10-20-21-11-24/h4-12H,1-3H3,(H2,22,23,25). The van der Waals surface area contributed by atoms with Gasteiger partial charge in [0, 0.05) is 23.5 Å². The minimum absolute atomic E-state index is 0.0946. The van der Waals surface area contributed by atoms with Crippen LogP contribution in [0.1, 0.15) is 19.4 Å². The average molecular weight is 336 g/mol. The first-order chi connectivity index (χ1) is 12.0. The molecule has 0 aliphatic carbocycles. The minimum Gasteiger partial charge on any atom is -0.336 e.